The molecule has 0 spiro atoms. The van der Waals surface area contributed by atoms with Gasteiger partial charge in [0.05, 0.1) is 22.7 Å². The predicted octanol–water partition coefficient (Wildman–Crippen LogP) is 3.24. The van der Waals surface area contributed by atoms with Crippen molar-refractivity contribution in [1.29, 1.82) is 5.26 Å². The van der Waals surface area contributed by atoms with Crippen molar-refractivity contribution in [1.82, 2.24) is 14.9 Å². The molecule has 1 aliphatic rings. The third kappa shape index (κ3) is 4.33. The summed E-state index contributed by atoms with van der Waals surface area (Å²) in [6.07, 6.45) is 5.24. The summed E-state index contributed by atoms with van der Waals surface area (Å²) >= 11 is 1.25. The first-order valence-corrected chi connectivity index (χ1v) is 10.4. The second kappa shape index (κ2) is 8.57. The van der Waals surface area contributed by atoms with Gasteiger partial charge in [0.25, 0.3) is 5.56 Å². The third-order valence-electron chi connectivity index (χ3n) is 4.91. The molecule has 7 heteroatoms. The number of nitrogens with zero attached hydrogens (tertiary/aromatic N) is 3. The van der Waals surface area contributed by atoms with E-state index in [2.05, 4.69) is 16.4 Å². The topological polar surface area (TPSA) is 87.8 Å². The van der Waals surface area contributed by atoms with Gasteiger partial charge in [0.1, 0.15) is 5.54 Å². The fourth-order valence-corrected chi connectivity index (χ4v) is 4.36. The quantitative estimate of drug-likeness (QED) is 0.610. The monoisotopic (exact) mass is 384 g/mol. The zero-order valence-corrected chi connectivity index (χ0v) is 16.3. The number of rotatable bonds is 6. The van der Waals surface area contributed by atoms with Gasteiger partial charge in [0.2, 0.25) is 5.91 Å². The Balaban J connectivity index is 1.78. The predicted molar refractivity (Wildman–Crippen MR) is 107 cm³/mol. The molecule has 142 valence electrons. The minimum atomic E-state index is -0.740. The van der Waals surface area contributed by atoms with Crippen molar-refractivity contribution in [2.24, 2.45) is 0 Å². The van der Waals surface area contributed by atoms with Gasteiger partial charge in [-0.05, 0) is 31.4 Å². The number of hydrogen-bond acceptors (Lipinski definition) is 5. The van der Waals surface area contributed by atoms with E-state index in [1.807, 2.05) is 25.1 Å². The Bertz CT molecular complexity index is 926. The summed E-state index contributed by atoms with van der Waals surface area (Å²) in [5.74, 6) is -0.0494. The fraction of sp³-hybridized carbons (Fsp3) is 0.500. The standard InChI is InChI=1S/C20H24N4O2S/c1-2-12-24-18(26)15-8-4-5-9-16(15)22-19(24)27-13-17(25)23-20(14-21)10-6-3-7-11-20/h4-5,8-9H,2-3,6-7,10-13H2,1H3,(H,23,25). The van der Waals surface area contributed by atoms with Gasteiger partial charge in [-0.2, -0.15) is 5.26 Å². The fourth-order valence-electron chi connectivity index (χ4n) is 3.53. The van der Waals surface area contributed by atoms with Gasteiger partial charge in [-0.15, -0.1) is 0 Å². The average Bonchev–Trinajstić information content (AvgIpc) is 2.69. The number of aromatic nitrogens is 2. The van der Waals surface area contributed by atoms with Crippen LogP contribution in [0.2, 0.25) is 0 Å². The second-order valence-electron chi connectivity index (χ2n) is 6.96. The summed E-state index contributed by atoms with van der Waals surface area (Å²) in [7, 11) is 0. The number of thioether (sulfide) groups is 1. The van der Waals surface area contributed by atoms with Gasteiger partial charge >= 0.3 is 0 Å². The number of para-hydroxylation sites is 1. The molecule has 27 heavy (non-hydrogen) atoms. The molecule has 0 radical (unpaired) electrons. The lowest BCUT2D eigenvalue weighted by molar-refractivity contribution is -0.120. The first-order valence-electron chi connectivity index (χ1n) is 9.43. The highest BCUT2D eigenvalue weighted by atomic mass is 32.2. The van der Waals surface area contributed by atoms with E-state index in [4.69, 9.17) is 0 Å². The van der Waals surface area contributed by atoms with Crippen molar-refractivity contribution in [2.75, 3.05) is 5.75 Å². The van der Waals surface area contributed by atoms with Crippen LogP contribution in [0.3, 0.4) is 0 Å². The molecule has 6 nitrogen and oxygen atoms in total. The Morgan fingerprint density at radius 2 is 2.07 bits per heavy atom. The molecule has 1 fully saturated rings. The molecular formula is C20H24N4O2S. The number of benzene rings is 1. The van der Waals surface area contributed by atoms with Crippen LogP contribution in [0.4, 0.5) is 0 Å². The van der Waals surface area contributed by atoms with Gasteiger partial charge in [0, 0.05) is 6.54 Å². The van der Waals surface area contributed by atoms with Crippen LogP contribution in [0.1, 0.15) is 45.4 Å². The molecule has 0 unspecified atom stereocenters. The van der Waals surface area contributed by atoms with E-state index in [0.29, 0.717) is 35.4 Å². The Labute approximate surface area is 163 Å². The van der Waals surface area contributed by atoms with E-state index >= 15 is 0 Å². The molecule has 1 aromatic heterocycles. The maximum absolute atomic E-state index is 12.8. The molecule has 1 saturated carbocycles. The number of carbonyl (C=O) groups is 1. The van der Waals surface area contributed by atoms with E-state index in [-0.39, 0.29) is 17.2 Å². The number of carbonyl (C=O) groups excluding carboxylic acids is 1. The number of nitrogens with one attached hydrogen (secondary N) is 1. The van der Waals surface area contributed by atoms with E-state index in [1.54, 1.807) is 10.6 Å². The van der Waals surface area contributed by atoms with E-state index < -0.39 is 5.54 Å². The van der Waals surface area contributed by atoms with Crippen molar-refractivity contribution in [3.05, 3.63) is 34.6 Å². The van der Waals surface area contributed by atoms with Crippen LogP contribution >= 0.6 is 11.8 Å². The highest BCUT2D eigenvalue weighted by Crippen LogP contribution is 2.28. The highest BCUT2D eigenvalue weighted by molar-refractivity contribution is 7.99. The van der Waals surface area contributed by atoms with Crippen molar-refractivity contribution in [3.8, 4) is 6.07 Å². The Hall–Kier alpha value is -2.33. The van der Waals surface area contributed by atoms with Crippen LogP contribution in [0.15, 0.2) is 34.2 Å². The van der Waals surface area contributed by atoms with Crippen LogP contribution in [-0.4, -0.2) is 26.8 Å². The largest absolute Gasteiger partial charge is 0.337 e. The second-order valence-corrected chi connectivity index (χ2v) is 7.90. The van der Waals surface area contributed by atoms with Crippen LogP contribution in [0, 0.1) is 11.3 Å². The summed E-state index contributed by atoms with van der Waals surface area (Å²) in [6, 6.07) is 9.56. The summed E-state index contributed by atoms with van der Waals surface area (Å²) in [4.78, 5) is 29.8. The zero-order chi connectivity index (χ0) is 19.3. The lowest BCUT2D eigenvalue weighted by Crippen LogP contribution is -2.49. The van der Waals surface area contributed by atoms with E-state index in [1.165, 1.54) is 11.8 Å². The van der Waals surface area contributed by atoms with Gasteiger partial charge in [-0.3, -0.25) is 14.2 Å². The number of nitriles is 1. The maximum Gasteiger partial charge on any atom is 0.262 e. The number of hydrogen-bond donors (Lipinski definition) is 1. The molecule has 3 rings (SSSR count). The van der Waals surface area contributed by atoms with E-state index in [0.717, 1.165) is 25.7 Å². The molecular weight excluding hydrogens is 360 g/mol. The average molecular weight is 385 g/mol. The molecule has 1 N–H and O–H groups in total. The minimum Gasteiger partial charge on any atom is -0.337 e. The molecule has 0 saturated heterocycles. The van der Waals surface area contributed by atoms with Gasteiger partial charge in [0.15, 0.2) is 5.16 Å². The zero-order valence-electron chi connectivity index (χ0n) is 15.5. The normalized spacial score (nSPS) is 16.0. The van der Waals surface area contributed by atoms with Crippen molar-refractivity contribution < 1.29 is 4.79 Å². The smallest absolute Gasteiger partial charge is 0.262 e. The molecule has 1 amide bonds. The Morgan fingerprint density at radius 3 is 2.78 bits per heavy atom. The van der Waals surface area contributed by atoms with Crippen LogP contribution in [-0.2, 0) is 11.3 Å². The molecule has 1 aromatic carbocycles. The van der Waals surface area contributed by atoms with E-state index in [9.17, 15) is 14.9 Å². The SMILES string of the molecule is CCCn1c(SCC(=O)NC2(C#N)CCCCC2)nc2ccccc2c1=O. The molecule has 0 bridgehead atoms. The van der Waals surface area contributed by atoms with Crippen LogP contribution in [0.25, 0.3) is 10.9 Å². The van der Waals surface area contributed by atoms with Crippen molar-refractivity contribution in [3.63, 3.8) is 0 Å². The number of fused-ring (bicyclic) bond motifs is 1. The first-order chi connectivity index (χ1) is 13.1. The molecule has 1 heterocycles. The number of amides is 1. The molecule has 2 aromatic rings. The molecule has 1 aliphatic carbocycles. The van der Waals surface area contributed by atoms with Crippen LogP contribution < -0.4 is 10.9 Å². The van der Waals surface area contributed by atoms with Crippen molar-refractivity contribution >= 4 is 28.6 Å². The Morgan fingerprint density at radius 1 is 1.33 bits per heavy atom. The van der Waals surface area contributed by atoms with Gasteiger partial charge in [-0.1, -0.05) is 50.1 Å². The summed E-state index contributed by atoms with van der Waals surface area (Å²) in [5.41, 5.74) is -0.180. The van der Waals surface area contributed by atoms with Gasteiger partial charge in [-0.25, -0.2) is 4.98 Å². The Kier molecular flexibility index (Phi) is 6.17. The summed E-state index contributed by atoms with van der Waals surface area (Å²) in [6.45, 7) is 2.56. The molecule has 0 atom stereocenters. The third-order valence-corrected chi connectivity index (χ3v) is 5.88. The lowest BCUT2D eigenvalue weighted by atomic mass is 9.83. The highest BCUT2D eigenvalue weighted by Gasteiger charge is 2.33. The van der Waals surface area contributed by atoms with Crippen molar-refractivity contribution in [2.45, 2.75) is 62.7 Å². The molecule has 0 aliphatic heterocycles. The maximum atomic E-state index is 12.8. The minimum absolute atomic E-state index is 0.0777. The lowest BCUT2D eigenvalue weighted by Gasteiger charge is -2.31. The summed E-state index contributed by atoms with van der Waals surface area (Å²) in [5, 5.41) is 13.6. The first kappa shape index (κ1) is 19.4. The van der Waals surface area contributed by atoms with Gasteiger partial charge < -0.3 is 5.32 Å². The van der Waals surface area contributed by atoms with Crippen LogP contribution in [0.5, 0.6) is 0 Å². The summed E-state index contributed by atoms with van der Waals surface area (Å²) < 4.78 is 1.64.